The van der Waals surface area contributed by atoms with Crippen LogP contribution in [-0.2, 0) is 12.8 Å². The molecular weight excluding hydrogens is 170 g/mol. The third-order valence-electron chi connectivity index (χ3n) is 2.93. The highest BCUT2D eigenvalue weighted by Crippen LogP contribution is 2.21. The number of hydrogen-bond acceptors (Lipinski definition) is 1. The molecule has 1 aliphatic carbocycles. The first kappa shape index (κ1) is 9.32. The largest absolute Gasteiger partial charge is 0.399 e. The van der Waals surface area contributed by atoms with Crippen molar-refractivity contribution in [3.05, 3.63) is 41.0 Å². The van der Waals surface area contributed by atoms with Crippen molar-refractivity contribution in [3.63, 3.8) is 0 Å². The Morgan fingerprint density at radius 3 is 2.79 bits per heavy atom. The van der Waals surface area contributed by atoms with Crippen molar-refractivity contribution in [1.29, 1.82) is 0 Å². The number of aryl methyl sites for hydroxylation is 2. The third-order valence-corrected chi connectivity index (χ3v) is 2.93. The zero-order valence-electron chi connectivity index (χ0n) is 8.72. The first-order valence-electron chi connectivity index (χ1n) is 5.28. The summed E-state index contributed by atoms with van der Waals surface area (Å²) in [6, 6.07) is 6.33. The van der Waals surface area contributed by atoms with Crippen molar-refractivity contribution in [2.75, 3.05) is 5.73 Å². The van der Waals surface area contributed by atoms with Gasteiger partial charge in [0.05, 0.1) is 0 Å². The molecule has 0 saturated carbocycles. The molecule has 0 aliphatic heterocycles. The summed E-state index contributed by atoms with van der Waals surface area (Å²) in [7, 11) is 0. The fraction of sp³-hybridized carbons (Fsp3) is 0.385. The number of rotatable bonds is 0. The Morgan fingerprint density at radius 1 is 1.07 bits per heavy atom. The monoisotopic (exact) mass is 187 g/mol. The minimum Gasteiger partial charge on any atom is -0.399 e. The number of nitrogen functional groups attached to an aromatic ring is 1. The summed E-state index contributed by atoms with van der Waals surface area (Å²) in [4.78, 5) is 0. The molecule has 1 nitrogen and oxygen atoms in total. The smallest absolute Gasteiger partial charge is 0.0316 e. The maximum absolute atomic E-state index is 5.78. The van der Waals surface area contributed by atoms with Gasteiger partial charge in [-0.1, -0.05) is 17.7 Å². The summed E-state index contributed by atoms with van der Waals surface area (Å²) < 4.78 is 0. The number of anilines is 1. The van der Waals surface area contributed by atoms with Crippen LogP contribution in [0.4, 0.5) is 5.69 Å². The fourth-order valence-electron chi connectivity index (χ4n) is 2.03. The zero-order chi connectivity index (χ0) is 9.97. The fourth-order valence-corrected chi connectivity index (χ4v) is 2.03. The number of benzene rings is 1. The average Bonchev–Trinajstić information content (AvgIpc) is 2.13. The normalized spacial score (nSPS) is 20.2. The van der Waals surface area contributed by atoms with E-state index >= 15 is 0 Å². The summed E-state index contributed by atoms with van der Waals surface area (Å²) >= 11 is 0. The molecule has 74 valence electrons. The highest BCUT2D eigenvalue weighted by molar-refractivity contribution is 5.45. The second-order valence-corrected chi connectivity index (χ2v) is 4.12. The highest BCUT2D eigenvalue weighted by Gasteiger charge is 2.06. The lowest BCUT2D eigenvalue weighted by molar-refractivity contribution is 0.856. The van der Waals surface area contributed by atoms with E-state index in [4.69, 9.17) is 5.73 Å². The minimum absolute atomic E-state index is 0.894. The van der Waals surface area contributed by atoms with Crippen molar-refractivity contribution >= 4 is 5.69 Å². The van der Waals surface area contributed by atoms with E-state index < -0.39 is 0 Å². The topological polar surface area (TPSA) is 26.0 Å². The Morgan fingerprint density at radius 2 is 1.93 bits per heavy atom. The van der Waals surface area contributed by atoms with Gasteiger partial charge >= 0.3 is 0 Å². The number of fused-ring (bicyclic) bond motifs is 1. The van der Waals surface area contributed by atoms with Gasteiger partial charge in [-0.25, -0.2) is 0 Å². The Hall–Kier alpha value is -1.24. The van der Waals surface area contributed by atoms with Crippen molar-refractivity contribution in [3.8, 4) is 0 Å². The van der Waals surface area contributed by atoms with E-state index in [-0.39, 0.29) is 0 Å². The van der Waals surface area contributed by atoms with Gasteiger partial charge in [-0.15, -0.1) is 0 Å². The second-order valence-electron chi connectivity index (χ2n) is 4.12. The first-order chi connectivity index (χ1) is 6.75. The van der Waals surface area contributed by atoms with Crippen molar-refractivity contribution in [2.24, 2.45) is 0 Å². The lowest BCUT2D eigenvalue weighted by Gasteiger charge is -2.13. The van der Waals surface area contributed by atoms with Gasteiger partial charge in [-0.3, -0.25) is 0 Å². The first-order valence-corrected chi connectivity index (χ1v) is 5.28. The Kier molecular flexibility index (Phi) is 2.58. The molecular formula is C13H17N. The van der Waals surface area contributed by atoms with Gasteiger partial charge in [-0.2, -0.15) is 0 Å². The van der Waals surface area contributed by atoms with E-state index in [9.17, 15) is 0 Å². The van der Waals surface area contributed by atoms with Crippen LogP contribution in [0.15, 0.2) is 29.8 Å². The minimum atomic E-state index is 0.894. The molecule has 0 amide bonds. The van der Waals surface area contributed by atoms with Gasteiger partial charge in [-0.05, 0) is 55.9 Å². The van der Waals surface area contributed by atoms with Crippen LogP contribution in [0, 0.1) is 0 Å². The van der Waals surface area contributed by atoms with Gasteiger partial charge in [0.1, 0.15) is 0 Å². The average molecular weight is 187 g/mol. The molecule has 0 bridgehead atoms. The molecule has 14 heavy (non-hydrogen) atoms. The Balaban J connectivity index is 2.29. The molecule has 0 spiro atoms. The van der Waals surface area contributed by atoms with Crippen LogP contribution >= 0.6 is 0 Å². The Labute approximate surface area is 85.6 Å². The number of allylic oxidation sites excluding steroid dienone is 2. The third kappa shape index (κ3) is 1.98. The molecule has 0 unspecified atom stereocenters. The second kappa shape index (κ2) is 3.87. The Bertz CT molecular complexity index is 363. The van der Waals surface area contributed by atoms with Crippen LogP contribution in [0.5, 0.6) is 0 Å². The summed E-state index contributed by atoms with van der Waals surface area (Å²) in [6.45, 7) is 2.22. The highest BCUT2D eigenvalue weighted by atomic mass is 14.5. The van der Waals surface area contributed by atoms with Crippen LogP contribution in [-0.4, -0.2) is 0 Å². The number of hydrogen-bond donors (Lipinski definition) is 1. The van der Waals surface area contributed by atoms with Gasteiger partial charge in [0, 0.05) is 5.69 Å². The maximum Gasteiger partial charge on any atom is 0.0316 e. The summed E-state index contributed by atoms with van der Waals surface area (Å²) in [5.41, 5.74) is 11.1. The van der Waals surface area contributed by atoms with E-state index in [0.717, 1.165) is 24.9 Å². The van der Waals surface area contributed by atoms with Crippen molar-refractivity contribution in [2.45, 2.75) is 32.6 Å². The molecule has 0 radical (unpaired) electrons. The molecule has 0 fully saturated rings. The van der Waals surface area contributed by atoms with E-state index in [2.05, 4.69) is 25.1 Å². The molecule has 1 heteroatoms. The summed E-state index contributed by atoms with van der Waals surface area (Å²) in [6.07, 6.45) is 7.00. The van der Waals surface area contributed by atoms with E-state index in [1.165, 1.54) is 23.1 Å². The molecule has 0 heterocycles. The van der Waals surface area contributed by atoms with Gasteiger partial charge in [0.15, 0.2) is 0 Å². The molecule has 1 aromatic carbocycles. The summed E-state index contributed by atoms with van der Waals surface area (Å²) in [5, 5.41) is 0. The van der Waals surface area contributed by atoms with Crippen LogP contribution in [0.2, 0.25) is 0 Å². The lowest BCUT2D eigenvalue weighted by atomic mass is 9.93. The van der Waals surface area contributed by atoms with Crippen LogP contribution in [0.25, 0.3) is 0 Å². The maximum atomic E-state index is 5.78. The lowest BCUT2D eigenvalue weighted by Crippen LogP contribution is -2.00. The predicted molar refractivity (Wildman–Crippen MR) is 61.3 cm³/mol. The molecule has 0 atom stereocenters. The van der Waals surface area contributed by atoms with Crippen molar-refractivity contribution in [1.82, 2.24) is 0 Å². The van der Waals surface area contributed by atoms with E-state index in [0.29, 0.717) is 0 Å². The van der Waals surface area contributed by atoms with Gasteiger partial charge in [0.25, 0.3) is 0 Å². The molecule has 2 N–H and O–H groups in total. The van der Waals surface area contributed by atoms with Crippen LogP contribution < -0.4 is 5.73 Å². The van der Waals surface area contributed by atoms with Gasteiger partial charge < -0.3 is 5.73 Å². The molecule has 2 rings (SSSR count). The molecule has 0 aromatic heterocycles. The van der Waals surface area contributed by atoms with E-state index in [1.807, 2.05) is 6.07 Å². The zero-order valence-corrected chi connectivity index (χ0v) is 8.72. The number of nitrogens with two attached hydrogens (primary N) is 1. The molecule has 0 saturated heterocycles. The predicted octanol–water partition coefficient (Wildman–Crippen LogP) is 3.09. The summed E-state index contributed by atoms with van der Waals surface area (Å²) in [5.74, 6) is 0. The van der Waals surface area contributed by atoms with Crippen LogP contribution in [0.1, 0.15) is 30.9 Å². The molecule has 1 aliphatic rings. The standard InChI is InChI=1S/C13H17N/c1-10-3-2-4-12-9-13(14)8-7-11(12)6-5-10/h3,7-9H,2,4-6,14H2,1H3/b10-3-. The van der Waals surface area contributed by atoms with Gasteiger partial charge in [0.2, 0.25) is 0 Å². The van der Waals surface area contributed by atoms with Crippen LogP contribution in [0.3, 0.4) is 0 Å². The SMILES string of the molecule is C/C1=C/CCc2cc(N)ccc2CC1. The van der Waals surface area contributed by atoms with E-state index in [1.54, 1.807) is 0 Å². The quantitative estimate of drug-likeness (QED) is 0.490. The van der Waals surface area contributed by atoms with Crippen molar-refractivity contribution < 1.29 is 0 Å². The molecule has 1 aromatic rings.